The lowest BCUT2D eigenvalue weighted by Gasteiger charge is -2.23. The van der Waals surface area contributed by atoms with Gasteiger partial charge in [0, 0.05) is 6.42 Å². The van der Waals surface area contributed by atoms with Crippen LogP contribution in [0.1, 0.15) is 23.6 Å². The highest BCUT2D eigenvalue weighted by Gasteiger charge is 2.29. The van der Waals surface area contributed by atoms with Gasteiger partial charge in [0.15, 0.2) is 0 Å². The second-order valence-electron chi connectivity index (χ2n) is 8.51. The van der Waals surface area contributed by atoms with E-state index in [0.717, 1.165) is 11.1 Å². The average Bonchev–Trinajstić information content (AvgIpc) is 2.90. The summed E-state index contributed by atoms with van der Waals surface area (Å²) in [6, 6.07) is 23.3. The number of rotatable bonds is 12. The number of benzene rings is 3. The van der Waals surface area contributed by atoms with Crippen molar-refractivity contribution < 1.29 is 29.0 Å². The summed E-state index contributed by atoms with van der Waals surface area (Å²) in [5, 5.41) is 14.9. The van der Waals surface area contributed by atoms with Crippen LogP contribution in [0.25, 0.3) is 0 Å². The molecule has 0 aliphatic heterocycles. The Kier molecular flexibility index (Phi) is 10.0. The number of aliphatic hydroxyl groups excluding tert-OH is 1. The number of amides is 3. The fraction of sp³-hybridized carbons (Fsp3) is 0.250. The summed E-state index contributed by atoms with van der Waals surface area (Å²) in [5.74, 6) is -0.938. The fourth-order valence-corrected chi connectivity index (χ4v) is 3.52. The molecule has 0 unspecified atom stereocenters. The molecule has 3 aromatic rings. The van der Waals surface area contributed by atoms with Crippen molar-refractivity contribution in [3.8, 4) is 5.75 Å². The van der Waals surface area contributed by atoms with Crippen LogP contribution in [-0.4, -0.2) is 41.2 Å². The van der Waals surface area contributed by atoms with E-state index in [1.165, 1.54) is 6.92 Å². The Balaban J connectivity index is 1.58. The highest BCUT2D eigenvalue weighted by molar-refractivity contribution is 5.91. The van der Waals surface area contributed by atoms with Crippen LogP contribution in [0.15, 0.2) is 84.9 Å². The van der Waals surface area contributed by atoms with E-state index >= 15 is 0 Å². The van der Waals surface area contributed by atoms with E-state index in [1.54, 1.807) is 48.5 Å². The molecule has 3 aromatic carbocycles. The van der Waals surface area contributed by atoms with Crippen LogP contribution in [0.2, 0.25) is 0 Å². The Hall–Kier alpha value is -4.37. The molecule has 0 fully saturated rings. The Labute approximate surface area is 215 Å². The number of primary amides is 1. The average molecular weight is 506 g/mol. The summed E-state index contributed by atoms with van der Waals surface area (Å²) in [5.41, 5.74) is 8.01. The summed E-state index contributed by atoms with van der Waals surface area (Å²) in [6.45, 7) is 1.71. The van der Waals surface area contributed by atoms with E-state index in [9.17, 15) is 19.5 Å². The number of nitrogens with one attached hydrogen (secondary N) is 2. The Bertz CT molecular complexity index is 1170. The van der Waals surface area contributed by atoms with Crippen LogP contribution in [0, 0.1) is 0 Å². The number of aliphatic hydroxyl groups is 1. The molecule has 37 heavy (non-hydrogen) atoms. The van der Waals surface area contributed by atoms with Gasteiger partial charge in [0.1, 0.15) is 31.0 Å². The molecule has 0 heterocycles. The second-order valence-corrected chi connectivity index (χ2v) is 8.51. The molecule has 0 aliphatic rings. The fourth-order valence-electron chi connectivity index (χ4n) is 3.52. The molecule has 9 heteroatoms. The van der Waals surface area contributed by atoms with Crippen LogP contribution in [-0.2, 0) is 34.0 Å². The Morgan fingerprint density at radius 2 is 1.43 bits per heavy atom. The van der Waals surface area contributed by atoms with Crippen molar-refractivity contribution in [3.63, 3.8) is 0 Å². The first-order chi connectivity index (χ1) is 17.8. The Morgan fingerprint density at radius 1 is 0.838 bits per heavy atom. The van der Waals surface area contributed by atoms with E-state index in [4.69, 9.17) is 15.2 Å². The van der Waals surface area contributed by atoms with Gasteiger partial charge in [-0.2, -0.15) is 0 Å². The van der Waals surface area contributed by atoms with Gasteiger partial charge in [-0.1, -0.05) is 72.8 Å². The van der Waals surface area contributed by atoms with Crippen molar-refractivity contribution in [2.45, 2.75) is 44.7 Å². The van der Waals surface area contributed by atoms with Crippen LogP contribution >= 0.6 is 0 Å². The highest BCUT2D eigenvalue weighted by Crippen LogP contribution is 2.17. The van der Waals surface area contributed by atoms with Gasteiger partial charge in [-0.05, 0) is 35.7 Å². The zero-order chi connectivity index (χ0) is 26.6. The van der Waals surface area contributed by atoms with Crippen molar-refractivity contribution in [3.05, 3.63) is 102 Å². The molecule has 0 spiro atoms. The van der Waals surface area contributed by atoms with Crippen LogP contribution in [0.5, 0.6) is 5.75 Å². The van der Waals surface area contributed by atoms with Crippen molar-refractivity contribution in [2.75, 3.05) is 0 Å². The molecule has 0 radical (unpaired) electrons. The van der Waals surface area contributed by atoms with E-state index in [2.05, 4.69) is 10.6 Å². The summed E-state index contributed by atoms with van der Waals surface area (Å²) in [6.07, 6.45) is -2.05. The maximum Gasteiger partial charge on any atom is 0.408 e. The number of nitrogens with two attached hydrogens (primary N) is 1. The van der Waals surface area contributed by atoms with Gasteiger partial charge in [-0.3, -0.25) is 9.59 Å². The largest absolute Gasteiger partial charge is 0.489 e. The third kappa shape index (κ3) is 8.97. The zero-order valence-electron chi connectivity index (χ0n) is 20.5. The van der Waals surface area contributed by atoms with Gasteiger partial charge < -0.3 is 30.9 Å². The molecule has 0 saturated carbocycles. The quantitative estimate of drug-likeness (QED) is 0.298. The third-order valence-corrected chi connectivity index (χ3v) is 5.50. The minimum Gasteiger partial charge on any atom is -0.489 e. The number of carbonyl (C=O) groups is 3. The molecule has 3 atom stereocenters. The number of hydrogen-bond acceptors (Lipinski definition) is 6. The SMILES string of the molecule is C[C@@H](O)[C@H](NC(=O)OCc1ccccc1)C(=O)N[C@@H](Cc1cccc(OCc2ccccc2)c1)C(N)=O. The summed E-state index contributed by atoms with van der Waals surface area (Å²) in [7, 11) is 0. The predicted octanol–water partition coefficient (Wildman–Crippen LogP) is 2.45. The van der Waals surface area contributed by atoms with E-state index in [-0.39, 0.29) is 13.0 Å². The van der Waals surface area contributed by atoms with E-state index < -0.39 is 36.1 Å². The molecular weight excluding hydrogens is 474 g/mol. The van der Waals surface area contributed by atoms with Crippen LogP contribution in [0.4, 0.5) is 4.79 Å². The molecule has 0 bridgehead atoms. The molecule has 3 amide bonds. The highest BCUT2D eigenvalue weighted by atomic mass is 16.5. The van der Waals surface area contributed by atoms with Gasteiger partial charge in [-0.25, -0.2) is 4.79 Å². The third-order valence-electron chi connectivity index (χ3n) is 5.50. The zero-order valence-corrected chi connectivity index (χ0v) is 20.5. The predicted molar refractivity (Wildman–Crippen MR) is 137 cm³/mol. The number of hydrogen-bond donors (Lipinski definition) is 4. The molecule has 0 saturated heterocycles. The topological polar surface area (TPSA) is 140 Å². The maximum atomic E-state index is 12.9. The lowest BCUT2D eigenvalue weighted by atomic mass is 10.0. The monoisotopic (exact) mass is 505 g/mol. The standard InChI is InChI=1S/C28H31N3O6/c1-19(32)25(31-28(35)37-18-21-11-6-3-7-12-21)27(34)30-24(26(29)33)16-22-13-8-14-23(15-22)36-17-20-9-4-2-5-10-20/h2-15,19,24-25,32H,16-18H2,1H3,(H2,29,33)(H,30,34)(H,31,35)/t19-,24+,25+/m1/s1. The van der Waals surface area contributed by atoms with Crippen LogP contribution < -0.4 is 21.1 Å². The lowest BCUT2D eigenvalue weighted by Crippen LogP contribution is -2.57. The second kappa shape index (κ2) is 13.6. The summed E-state index contributed by atoms with van der Waals surface area (Å²) >= 11 is 0. The smallest absolute Gasteiger partial charge is 0.408 e. The van der Waals surface area contributed by atoms with Gasteiger partial charge in [0.2, 0.25) is 11.8 Å². The normalized spacial score (nSPS) is 13.0. The number of ether oxygens (including phenoxy) is 2. The first-order valence-corrected chi connectivity index (χ1v) is 11.8. The number of alkyl carbamates (subject to hydrolysis) is 1. The van der Waals surface area contributed by atoms with Gasteiger partial charge in [0.25, 0.3) is 0 Å². The minimum absolute atomic E-state index is 0.00653. The van der Waals surface area contributed by atoms with Crippen molar-refractivity contribution in [1.29, 1.82) is 0 Å². The molecule has 0 aromatic heterocycles. The van der Waals surface area contributed by atoms with Gasteiger partial charge in [-0.15, -0.1) is 0 Å². The summed E-state index contributed by atoms with van der Waals surface area (Å²) < 4.78 is 11.0. The molecule has 3 rings (SSSR count). The molecule has 5 N–H and O–H groups in total. The molecule has 194 valence electrons. The lowest BCUT2D eigenvalue weighted by molar-refractivity contribution is -0.130. The number of carbonyl (C=O) groups excluding carboxylic acids is 3. The molecular formula is C28H31N3O6. The van der Waals surface area contributed by atoms with Crippen molar-refractivity contribution >= 4 is 17.9 Å². The van der Waals surface area contributed by atoms with Gasteiger partial charge >= 0.3 is 6.09 Å². The molecule has 9 nitrogen and oxygen atoms in total. The van der Waals surface area contributed by atoms with Gasteiger partial charge in [0.05, 0.1) is 6.10 Å². The minimum atomic E-state index is -1.36. The first kappa shape index (κ1) is 27.2. The van der Waals surface area contributed by atoms with Crippen molar-refractivity contribution in [1.82, 2.24) is 10.6 Å². The van der Waals surface area contributed by atoms with E-state index in [0.29, 0.717) is 17.9 Å². The maximum absolute atomic E-state index is 12.9. The van der Waals surface area contributed by atoms with Crippen LogP contribution in [0.3, 0.4) is 0 Å². The van der Waals surface area contributed by atoms with Crippen molar-refractivity contribution in [2.24, 2.45) is 5.73 Å². The molecule has 0 aliphatic carbocycles. The van der Waals surface area contributed by atoms with E-state index in [1.807, 2.05) is 36.4 Å². The first-order valence-electron chi connectivity index (χ1n) is 11.8. The Morgan fingerprint density at radius 3 is 2.03 bits per heavy atom. The summed E-state index contributed by atoms with van der Waals surface area (Å²) in [4.78, 5) is 37.2.